The van der Waals surface area contributed by atoms with Gasteiger partial charge in [0.25, 0.3) is 0 Å². The Hall–Kier alpha value is -2.00. The highest BCUT2D eigenvalue weighted by Gasteiger charge is 2.41. The molecule has 6 nitrogen and oxygen atoms in total. The summed E-state index contributed by atoms with van der Waals surface area (Å²) in [5.41, 5.74) is 1.88. The van der Waals surface area contributed by atoms with Crippen molar-refractivity contribution in [3.8, 4) is 0 Å². The van der Waals surface area contributed by atoms with E-state index in [1.165, 1.54) is 0 Å². The van der Waals surface area contributed by atoms with Gasteiger partial charge in [-0.05, 0) is 11.9 Å². The van der Waals surface area contributed by atoms with Crippen LogP contribution < -0.4 is 5.46 Å². The van der Waals surface area contributed by atoms with Gasteiger partial charge in [-0.3, -0.25) is 0 Å². The summed E-state index contributed by atoms with van der Waals surface area (Å²) in [7, 11) is -0.439. The van der Waals surface area contributed by atoms with Crippen LogP contribution in [0.25, 0.3) is 0 Å². The maximum Gasteiger partial charge on any atom is 0.494 e. The minimum Gasteiger partial charge on any atom is -0.404 e. The van der Waals surface area contributed by atoms with Gasteiger partial charge < -0.3 is 28.6 Å². The Bertz CT molecular complexity index is 789. The molecule has 0 spiro atoms. The van der Waals surface area contributed by atoms with Crippen molar-refractivity contribution in [2.75, 3.05) is 19.8 Å². The van der Waals surface area contributed by atoms with Gasteiger partial charge in [-0.15, -0.1) is 6.58 Å². The molecule has 5 atom stereocenters. The number of hydrogen-bond acceptors (Lipinski definition) is 6. The first kappa shape index (κ1) is 21.2. The van der Waals surface area contributed by atoms with Gasteiger partial charge in [0.1, 0.15) is 18.3 Å². The van der Waals surface area contributed by atoms with Crippen molar-refractivity contribution in [2.45, 2.75) is 37.1 Å². The molecule has 2 aromatic rings. The van der Waals surface area contributed by atoms with Gasteiger partial charge in [-0.2, -0.15) is 0 Å². The third-order valence-electron chi connectivity index (χ3n) is 5.32. The normalized spacial score (nSPS) is 29.5. The van der Waals surface area contributed by atoms with Gasteiger partial charge in [0.15, 0.2) is 6.29 Å². The Kier molecular flexibility index (Phi) is 7.33. The Balaban J connectivity index is 1.39. The molecule has 0 unspecified atom stereocenters. The lowest BCUT2D eigenvalue weighted by molar-refractivity contribution is -0.285. The summed E-state index contributed by atoms with van der Waals surface area (Å²) in [5, 5.41) is 9.88. The Labute approximate surface area is 177 Å². The molecule has 2 saturated heterocycles. The molecule has 4 rings (SSSR count). The molecule has 158 valence electrons. The fourth-order valence-electron chi connectivity index (χ4n) is 3.73. The second-order valence-electron chi connectivity index (χ2n) is 7.42. The van der Waals surface area contributed by atoms with Gasteiger partial charge in [0.05, 0.1) is 25.9 Å². The van der Waals surface area contributed by atoms with Crippen molar-refractivity contribution < 1.29 is 28.6 Å². The van der Waals surface area contributed by atoms with Crippen molar-refractivity contribution in [1.29, 1.82) is 0 Å². The van der Waals surface area contributed by atoms with Crippen LogP contribution in [0.4, 0.5) is 0 Å². The first-order valence-corrected chi connectivity index (χ1v) is 10.3. The highest BCUT2D eigenvalue weighted by molar-refractivity contribution is 6.61. The lowest BCUT2D eigenvalue weighted by atomic mass is 9.77. The minimum absolute atomic E-state index is 0.162. The van der Waals surface area contributed by atoms with Crippen molar-refractivity contribution in [3.63, 3.8) is 0 Å². The zero-order valence-corrected chi connectivity index (χ0v) is 16.8. The van der Waals surface area contributed by atoms with Crippen LogP contribution in [-0.2, 0) is 23.5 Å². The van der Waals surface area contributed by atoms with E-state index in [1.54, 1.807) is 0 Å². The molecular formula is C23H27BO6. The standard InChI is InChI=1S/C23H27BO6/c1-2-9-19-22(16-27-24(30-19)18-12-7-4-8-13-18)28-21-15-26-23(29-20(21)14-25)17-10-5-3-6-11-17/h2-8,10-13,19-23,25H,1,9,14-16H2/t19-,20+,21-,22+,23-/m1/s1. The molecule has 0 radical (unpaired) electrons. The molecule has 30 heavy (non-hydrogen) atoms. The van der Waals surface area contributed by atoms with Gasteiger partial charge in [0.2, 0.25) is 0 Å². The number of ether oxygens (including phenoxy) is 3. The van der Waals surface area contributed by atoms with Crippen molar-refractivity contribution in [3.05, 3.63) is 78.9 Å². The maximum absolute atomic E-state index is 9.88. The largest absolute Gasteiger partial charge is 0.494 e. The SMILES string of the molecule is C=CC[C@H]1OB(c2ccccc2)OC[C@@H]1O[C@@H]1CO[C@@H](c2ccccc2)O[C@H]1CO. The second kappa shape index (κ2) is 10.4. The third kappa shape index (κ3) is 5.00. The van der Waals surface area contributed by atoms with E-state index in [9.17, 15) is 5.11 Å². The van der Waals surface area contributed by atoms with E-state index < -0.39 is 25.6 Å². The Morgan fingerprint density at radius 2 is 1.70 bits per heavy atom. The summed E-state index contributed by atoms with van der Waals surface area (Å²) < 4.78 is 30.2. The molecule has 0 saturated carbocycles. The summed E-state index contributed by atoms with van der Waals surface area (Å²) in [6.07, 6.45) is 0.468. The molecular weight excluding hydrogens is 383 g/mol. The third-order valence-corrected chi connectivity index (χ3v) is 5.32. The quantitative estimate of drug-likeness (QED) is 0.558. The molecule has 0 bridgehead atoms. The van der Waals surface area contributed by atoms with E-state index in [0.717, 1.165) is 11.0 Å². The lowest BCUT2D eigenvalue weighted by Crippen LogP contribution is -2.55. The number of hydrogen-bond donors (Lipinski definition) is 1. The van der Waals surface area contributed by atoms with E-state index in [-0.39, 0.29) is 18.8 Å². The number of aliphatic hydroxyl groups is 1. The van der Waals surface area contributed by atoms with Crippen LogP contribution in [0, 0.1) is 0 Å². The molecule has 2 fully saturated rings. The molecule has 0 aromatic heterocycles. The minimum atomic E-state index is -0.520. The first-order chi connectivity index (χ1) is 14.8. The predicted octanol–water partition coefficient (Wildman–Crippen LogP) is 2.23. The van der Waals surface area contributed by atoms with Crippen molar-refractivity contribution >= 4 is 12.6 Å². The fourth-order valence-corrected chi connectivity index (χ4v) is 3.73. The van der Waals surface area contributed by atoms with Crippen molar-refractivity contribution in [2.24, 2.45) is 0 Å². The smallest absolute Gasteiger partial charge is 0.404 e. The summed E-state index contributed by atoms with van der Waals surface area (Å²) in [6, 6.07) is 19.5. The summed E-state index contributed by atoms with van der Waals surface area (Å²) >= 11 is 0. The van der Waals surface area contributed by atoms with E-state index in [1.807, 2.05) is 66.7 Å². The zero-order chi connectivity index (χ0) is 20.8. The Morgan fingerprint density at radius 1 is 1.00 bits per heavy atom. The predicted molar refractivity (Wildman–Crippen MR) is 113 cm³/mol. The molecule has 0 aliphatic carbocycles. The highest BCUT2D eigenvalue weighted by atomic mass is 16.7. The Morgan fingerprint density at radius 3 is 2.40 bits per heavy atom. The van der Waals surface area contributed by atoms with Gasteiger partial charge in [0, 0.05) is 5.56 Å². The summed E-state index contributed by atoms with van der Waals surface area (Å²) in [5.74, 6) is 0. The van der Waals surface area contributed by atoms with Crippen LogP contribution in [0.3, 0.4) is 0 Å². The monoisotopic (exact) mass is 410 g/mol. The first-order valence-electron chi connectivity index (χ1n) is 10.3. The molecule has 2 aliphatic heterocycles. The summed E-state index contributed by atoms with van der Waals surface area (Å²) in [4.78, 5) is 0. The molecule has 2 aliphatic rings. The van der Waals surface area contributed by atoms with Crippen LogP contribution in [0.2, 0.25) is 0 Å². The van der Waals surface area contributed by atoms with E-state index in [2.05, 4.69) is 6.58 Å². The topological polar surface area (TPSA) is 66.4 Å². The number of benzene rings is 2. The number of aliphatic hydroxyl groups excluding tert-OH is 1. The second-order valence-corrected chi connectivity index (χ2v) is 7.42. The van der Waals surface area contributed by atoms with Crippen LogP contribution in [0.1, 0.15) is 18.3 Å². The molecule has 0 amide bonds. The number of rotatable bonds is 7. The van der Waals surface area contributed by atoms with Crippen LogP contribution in [-0.4, -0.2) is 56.5 Å². The van der Waals surface area contributed by atoms with Crippen LogP contribution >= 0.6 is 0 Å². The van der Waals surface area contributed by atoms with Gasteiger partial charge in [-0.1, -0.05) is 66.7 Å². The maximum atomic E-state index is 9.88. The zero-order valence-electron chi connectivity index (χ0n) is 16.8. The van der Waals surface area contributed by atoms with Gasteiger partial charge in [-0.25, -0.2) is 0 Å². The molecule has 2 heterocycles. The molecule has 7 heteroatoms. The molecule has 1 N–H and O–H groups in total. The van der Waals surface area contributed by atoms with E-state index in [0.29, 0.717) is 19.6 Å². The van der Waals surface area contributed by atoms with E-state index >= 15 is 0 Å². The lowest BCUT2D eigenvalue weighted by Gasteiger charge is -2.41. The molecule has 2 aromatic carbocycles. The van der Waals surface area contributed by atoms with Gasteiger partial charge >= 0.3 is 7.12 Å². The average Bonchev–Trinajstić information content (AvgIpc) is 2.81. The van der Waals surface area contributed by atoms with E-state index in [4.69, 9.17) is 23.5 Å². The highest BCUT2D eigenvalue weighted by Crippen LogP contribution is 2.29. The summed E-state index contributed by atoms with van der Waals surface area (Å²) in [6.45, 7) is 4.36. The fraction of sp³-hybridized carbons (Fsp3) is 0.391. The van der Waals surface area contributed by atoms with Crippen LogP contribution in [0.5, 0.6) is 0 Å². The average molecular weight is 410 g/mol. The van der Waals surface area contributed by atoms with Crippen molar-refractivity contribution in [1.82, 2.24) is 0 Å². The van der Waals surface area contributed by atoms with Crippen LogP contribution in [0.15, 0.2) is 73.3 Å².